The van der Waals surface area contributed by atoms with Crippen molar-refractivity contribution in [3.05, 3.63) is 59.9 Å². The molecular weight excluding hydrogens is 242 g/mol. The number of hydrogen-bond donors (Lipinski definition) is 0. The number of carbonyl (C=O) groups excluding carboxylic acids is 2. The van der Waals surface area contributed by atoms with E-state index in [1.54, 1.807) is 48.8 Å². The minimum Gasteiger partial charge on any atom is -0.267 e. The van der Waals surface area contributed by atoms with Crippen LogP contribution in [-0.2, 0) is 0 Å². The molecule has 5 nitrogen and oxygen atoms in total. The van der Waals surface area contributed by atoms with Gasteiger partial charge in [-0.1, -0.05) is 12.1 Å². The molecular formula is C14H9N3O2. The number of fused-ring (bicyclic) bond motifs is 1. The van der Waals surface area contributed by atoms with Crippen LogP contribution in [0.3, 0.4) is 0 Å². The van der Waals surface area contributed by atoms with Gasteiger partial charge in [-0.25, -0.2) is 0 Å². The number of nitriles is 1. The summed E-state index contributed by atoms with van der Waals surface area (Å²) in [6.45, 7) is 0. The summed E-state index contributed by atoms with van der Waals surface area (Å²) in [6.07, 6.45) is 6.36. The molecule has 0 aliphatic carbocycles. The number of imide groups is 1. The van der Waals surface area contributed by atoms with E-state index in [-0.39, 0.29) is 17.7 Å². The molecule has 0 unspecified atom stereocenters. The lowest BCUT2D eigenvalue weighted by Gasteiger charge is -2.27. The van der Waals surface area contributed by atoms with Gasteiger partial charge >= 0.3 is 0 Å². The van der Waals surface area contributed by atoms with E-state index in [2.05, 4.69) is 6.07 Å². The first-order chi connectivity index (χ1) is 9.22. The summed E-state index contributed by atoms with van der Waals surface area (Å²) < 4.78 is 0. The molecule has 1 aromatic carbocycles. The Hall–Kier alpha value is -2.87. The second kappa shape index (κ2) is 4.10. The zero-order chi connectivity index (χ0) is 13.4. The molecule has 92 valence electrons. The number of carbonyl (C=O) groups is 2. The first kappa shape index (κ1) is 11.2. The Morgan fingerprint density at radius 3 is 2.00 bits per heavy atom. The van der Waals surface area contributed by atoms with Crippen LogP contribution in [-0.4, -0.2) is 21.8 Å². The van der Waals surface area contributed by atoms with E-state index in [0.29, 0.717) is 11.1 Å². The number of rotatable bonds is 1. The topological polar surface area (TPSA) is 64.4 Å². The molecule has 0 saturated carbocycles. The molecule has 0 spiro atoms. The molecule has 0 bridgehead atoms. The van der Waals surface area contributed by atoms with Gasteiger partial charge in [-0.2, -0.15) is 10.3 Å². The molecule has 0 saturated heterocycles. The van der Waals surface area contributed by atoms with Crippen LogP contribution >= 0.6 is 0 Å². The molecule has 2 heterocycles. The van der Waals surface area contributed by atoms with E-state index in [9.17, 15) is 9.59 Å². The average Bonchev–Trinajstić information content (AvgIpc) is 2.72. The van der Waals surface area contributed by atoms with Crippen molar-refractivity contribution < 1.29 is 9.59 Å². The van der Waals surface area contributed by atoms with E-state index < -0.39 is 0 Å². The number of nitrogens with zero attached hydrogens (tertiary/aromatic N) is 3. The maximum absolute atomic E-state index is 12.2. The molecule has 19 heavy (non-hydrogen) atoms. The smallest absolute Gasteiger partial charge is 0.267 e. The standard InChI is InChI=1S/C14H9N3O2/c15-9-10-5-7-16(8-6-10)17-13(18)11-3-1-2-4-12(11)14(17)19/h1-8,10H. The highest BCUT2D eigenvalue weighted by Crippen LogP contribution is 2.25. The van der Waals surface area contributed by atoms with Gasteiger partial charge in [-0.15, -0.1) is 0 Å². The molecule has 2 aliphatic heterocycles. The third-order valence-electron chi connectivity index (χ3n) is 3.04. The third kappa shape index (κ3) is 1.62. The van der Waals surface area contributed by atoms with Crippen molar-refractivity contribution in [3.8, 4) is 6.07 Å². The van der Waals surface area contributed by atoms with Gasteiger partial charge in [0.2, 0.25) is 0 Å². The van der Waals surface area contributed by atoms with Crippen LogP contribution in [0.25, 0.3) is 0 Å². The number of allylic oxidation sites excluding steroid dienone is 2. The maximum Gasteiger partial charge on any atom is 0.281 e. The van der Waals surface area contributed by atoms with Crippen molar-refractivity contribution in [2.45, 2.75) is 0 Å². The maximum atomic E-state index is 12.2. The van der Waals surface area contributed by atoms with Gasteiger partial charge in [-0.05, 0) is 24.3 Å². The zero-order valence-corrected chi connectivity index (χ0v) is 9.85. The summed E-state index contributed by atoms with van der Waals surface area (Å²) in [5.74, 6) is -1.04. The molecule has 2 amide bonds. The Morgan fingerprint density at radius 1 is 1.00 bits per heavy atom. The van der Waals surface area contributed by atoms with Crippen LogP contribution in [0.4, 0.5) is 0 Å². The van der Waals surface area contributed by atoms with Crippen LogP contribution in [0.1, 0.15) is 20.7 Å². The second-order valence-electron chi connectivity index (χ2n) is 4.19. The molecule has 0 N–H and O–H groups in total. The number of hydrogen-bond acceptors (Lipinski definition) is 4. The highest BCUT2D eigenvalue weighted by atomic mass is 16.2. The highest BCUT2D eigenvalue weighted by Gasteiger charge is 2.38. The lowest BCUT2D eigenvalue weighted by molar-refractivity contribution is 0.0351. The fraction of sp³-hybridized carbons (Fsp3) is 0.0714. The van der Waals surface area contributed by atoms with Crippen molar-refractivity contribution in [2.24, 2.45) is 5.92 Å². The lowest BCUT2D eigenvalue weighted by atomic mass is 10.1. The number of amides is 2. The monoisotopic (exact) mass is 251 g/mol. The van der Waals surface area contributed by atoms with Crippen LogP contribution < -0.4 is 0 Å². The Kier molecular flexibility index (Phi) is 2.43. The van der Waals surface area contributed by atoms with Gasteiger partial charge in [-0.3, -0.25) is 14.6 Å². The third-order valence-corrected chi connectivity index (χ3v) is 3.04. The fourth-order valence-electron chi connectivity index (χ4n) is 2.08. The molecule has 0 atom stereocenters. The Morgan fingerprint density at radius 2 is 1.53 bits per heavy atom. The SMILES string of the molecule is N#CC1C=CN(N2C(=O)c3ccccc3C2=O)C=C1. The molecule has 2 aliphatic rings. The van der Waals surface area contributed by atoms with E-state index in [1.165, 1.54) is 5.01 Å². The van der Waals surface area contributed by atoms with E-state index in [0.717, 1.165) is 5.01 Å². The van der Waals surface area contributed by atoms with Gasteiger partial charge in [0, 0.05) is 12.4 Å². The first-order valence-corrected chi connectivity index (χ1v) is 5.74. The van der Waals surface area contributed by atoms with Crippen LogP contribution in [0.2, 0.25) is 0 Å². The Labute approximate surface area is 109 Å². The fourth-order valence-corrected chi connectivity index (χ4v) is 2.08. The summed E-state index contributed by atoms with van der Waals surface area (Å²) in [5, 5.41) is 11.2. The van der Waals surface area contributed by atoms with E-state index in [1.807, 2.05) is 0 Å². The summed E-state index contributed by atoms with van der Waals surface area (Å²) in [5.41, 5.74) is 0.799. The second-order valence-corrected chi connectivity index (χ2v) is 4.19. The zero-order valence-electron chi connectivity index (χ0n) is 9.85. The van der Waals surface area contributed by atoms with Crippen molar-refractivity contribution in [2.75, 3.05) is 0 Å². The van der Waals surface area contributed by atoms with Crippen LogP contribution in [0.5, 0.6) is 0 Å². The van der Waals surface area contributed by atoms with E-state index >= 15 is 0 Å². The summed E-state index contributed by atoms with van der Waals surface area (Å²) in [6, 6.07) is 8.77. The predicted octanol–water partition coefficient (Wildman–Crippen LogP) is 1.68. The Bertz CT molecular complexity index is 621. The quantitative estimate of drug-likeness (QED) is 0.712. The van der Waals surface area contributed by atoms with Crippen LogP contribution in [0.15, 0.2) is 48.8 Å². The lowest BCUT2D eigenvalue weighted by Crippen LogP contribution is -2.40. The number of benzene rings is 1. The largest absolute Gasteiger partial charge is 0.281 e. The van der Waals surface area contributed by atoms with E-state index in [4.69, 9.17) is 5.26 Å². The van der Waals surface area contributed by atoms with Crippen molar-refractivity contribution in [1.82, 2.24) is 10.0 Å². The Balaban J connectivity index is 1.94. The minimum atomic E-state index is -0.356. The van der Waals surface area contributed by atoms with Crippen molar-refractivity contribution in [1.29, 1.82) is 5.26 Å². The summed E-state index contributed by atoms with van der Waals surface area (Å²) >= 11 is 0. The summed E-state index contributed by atoms with van der Waals surface area (Å²) in [4.78, 5) is 24.4. The molecule has 0 aromatic heterocycles. The van der Waals surface area contributed by atoms with Gasteiger partial charge in [0.05, 0.1) is 23.1 Å². The van der Waals surface area contributed by atoms with Crippen molar-refractivity contribution in [3.63, 3.8) is 0 Å². The van der Waals surface area contributed by atoms with Gasteiger partial charge < -0.3 is 0 Å². The normalized spacial score (nSPS) is 17.8. The molecule has 0 radical (unpaired) electrons. The van der Waals surface area contributed by atoms with Crippen molar-refractivity contribution >= 4 is 11.8 Å². The van der Waals surface area contributed by atoms with Gasteiger partial charge in [0.15, 0.2) is 0 Å². The molecule has 5 heteroatoms. The predicted molar refractivity (Wildman–Crippen MR) is 66.2 cm³/mol. The van der Waals surface area contributed by atoms with Crippen LogP contribution in [0, 0.1) is 17.2 Å². The average molecular weight is 251 g/mol. The highest BCUT2D eigenvalue weighted by molar-refractivity contribution is 6.21. The minimum absolute atomic E-state index is 0.327. The van der Waals surface area contributed by atoms with Gasteiger partial charge in [0.1, 0.15) is 0 Å². The summed E-state index contributed by atoms with van der Waals surface area (Å²) in [7, 11) is 0. The number of hydrazine groups is 1. The molecule has 3 rings (SSSR count). The first-order valence-electron chi connectivity index (χ1n) is 5.74. The molecule has 0 fully saturated rings. The van der Waals surface area contributed by atoms with Gasteiger partial charge in [0.25, 0.3) is 11.8 Å². The molecule has 1 aromatic rings.